The highest BCUT2D eigenvalue weighted by Gasteiger charge is 2.09. The van der Waals surface area contributed by atoms with E-state index in [0.29, 0.717) is 11.4 Å². The highest BCUT2D eigenvalue weighted by Crippen LogP contribution is 2.22. The van der Waals surface area contributed by atoms with Gasteiger partial charge in [-0.2, -0.15) is 4.98 Å². The molecule has 8 heteroatoms. The molecule has 3 N–H and O–H groups in total. The maximum atomic E-state index is 13.5. The lowest BCUT2D eigenvalue weighted by Gasteiger charge is -2.13. The Kier molecular flexibility index (Phi) is 5.11. The van der Waals surface area contributed by atoms with Crippen LogP contribution in [-0.2, 0) is 4.79 Å². The molecule has 1 heterocycles. The van der Waals surface area contributed by atoms with Crippen molar-refractivity contribution in [2.45, 2.75) is 19.4 Å². The van der Waals surface area contributed by atoms with Crippen molar-refractivity contribution in [2.75, 3.05) is 5.32 Å². The van der Waals surface area contributed by atoms with Crippen LogP contribution in [0.5, 0.6) is 5.75 Å². The maximum absolute atomic E-state index is 13.5. The summed E-state index contributed by atoms with van der Waals surface area (Å²) in [6, 6.07) is 6.73. The van der Waals surface area contributed by atoms with E-state index in [1.807, 2.05) is 0 Å². The first-order valence-corrected chi connectivity index (χ1v) is 6.82. The Labute approximate surface area is 131 Å². The number of nitrogens with zero attached hydrogens (tertiary/aromatic N) is 2. The van der Waals surface area contributed by atoms with Crippen LogP contribution in [0.1, 0.15) is 13.3 Å². The van der Waals surface area contributed by atoms with E-state index in [9.17, 15) is 9.18 Å². The summed E-state index contributed by atoms with van der Waals surface area (Å²) >= 11 is 5.62. The Morgan fingerprint density at radius 1 is 1.45 bits per heavy atom. The molecule has 1 aromatic heterocycles. The van der Waals surface area contributed by atoms with Crippen LogP contribution >= 0.6 is 11.6 Å². The molecule has 0 saturated heterocycles. The van der Waals surface area contributed by atoms with Gasteiger partial charge in [-0.1, -0.05) is 0 Å². The minimum absolute atomic E-state index is 0.0178. The van der Waals surface area contributed by atoms with Crippen LogP contribution < -0.4 is 15.8 Å². The predicted octanol–water partition coefficient (Wildman–Crippen LogP) is 2.66. The molecule has 0 bridgehead atoms. The van der Waals surface area contributed by atoms with E-state index in [1.165, 1.54) is 0 Å². The number of nitrogens with one attached hydrogen (secondary N) is 1. The number of halogens is 2. The molecule has 116 valence electrons. The van der Waals surface area contributed by atoms with Gasteiger partial charge in [-0.05, 0) is 42.8 Å². The number of amides is 1. The normalized spacial score (nSPS) is 11.8. The summed E-state index contributed by atoms with van der Waals surface area (Å²) in [5, 5.41) is 2.73. The smallest absolute Gasteiger partial charge is 0.224 e. The molecule has 0 spiro atoms. The fourth-order valence-electron chi connectivity index (χ4n) is 1.74. The third-order valence-electron chi connectivity index (χ3n) is 2.66. The molecule has 6 nitrogen and oxygen atoms in total. The molecule has 0 radical (unpaired) electrons. The summed E-state index contributed by atoms with van der Waals surface area (Å²) in [6.07, 6.45) is 0.792. The maximum Gasteiger partial charge on any atom is 0.224 e. The molecule has 1 aromatic carbocycles. The second-order valence-electron chi connectivity index (χ2n) is 4.58. The first-order valence-electron chi connectivity index (χ1n) is 6.44. The number of anilines is 2. The standard InChI is InChI=1S/C14H14ClFN4O2/c1-8(6-12(17)21)22-10-4-2-9(3-5-10)19-13-11(16)7-18-14(15)20-13/h2-5,7-8H,6H2,1H3,(H2,17,21)(H,18,19,20). The summed E-state index contributed by atoms with van der Waals surface area (Å²) in [6.45, 7) is 1.75. The molecule has 1 atom stereocenters. The van der Waals surface area contributed by atoms with E-state index in [4.69, 9.17) is 22.1 Å². The van der Waals surface area contributed by atoms with Gasteiger partial charge < -0.3 is 15.8 Å². The van der Waals surface area contributed by atoms with E-state index < -0.39 is 11.7 Å². The van der Waals surface area contributed by atoms with Crippen molar-refractivity contribution in [2.24, 2.45) is 5.73 Å². The van der Waals surface area contributed by atoms with Gasteiger partial charge in [-0.25, -0.2) is 9.37 Å². The molecular weight excluding hydrogens is 311 g/mol. The van der Waals surface area contributed by atoms with Crippen molar-refractivity contribution in [3.8, 4) is 5.75 Å². The molecule has 22 heavy (non-hydrogen) atoms. The van der Waals surface area contributed by atoms with Crippen molar-refractivity contribution in [3.63, 3.8) is 0 Å². The van der Waals surface area contributed by atoms with Crippen LogP contribution in [0.15, 0.2) is 30.5 Å². The Hall–Kier alpha value is -2.41. The number of carbonyl (C=O) groups excluding carboxylic acids is 1. The van der Waals surface area contributed by atoms with Gasteiger partial charge in [0.15, 0.2) is 11.6 Å². The average molecular weight is 325 g/mol. The van der Waals surface area contributed by atoms with Crippen LogP contribution in [0.3, 0.4) is 0 Å². The second kappa shape index (κ2) is 7.04. The predicted molar refractivity (Wildman–Crippen MR) is 80.6 cm³/mol. The SMILES string of the molecule is CC(CC(N)=O)Oc1ccc(Nc2nc(Cl)ncc2F)cc1. The monoisotopic (exact) mass is 324 g/mol. The van der Waals surface area contributed by atoms with Gasteiger partial charge in [0.1, 0.15) is 11.9 Å². The van der Waals surface area contributed by atoms with Crippen molar-refractivity contribution >= 4 is 29.0 Å². The van der Waals surface area contributed by atoms with Gasteiger partial charge in [0.2, 0.25) is 11.2 Å². The number of carbonyl (C=O) groups is 1. The van der Waals surface area contributed by atoms with Crippen LogP contribution in [0.2, 0.25) is 5.28 Å². The van der Waals surface area contributed by atoms with E-state index in [-0.39, 0.29) is 23.6 Å². The molecule has 0 saturated carbocycles. The lowest BCUT2D eigenvalue weighted by Crippen LogP contribution is -2.22. The van der Waals surface area contributed by atoms with Gasteiger partial charge in [0.05, 0.1) is 12.6 Å². The third-order valence-corrected chi connectivity index (χ3v) is 2.84. The van der Waals surface area contributed by atoms with Gasteiger partial charge >= 0.3 is 0 Å². The first-order chi connectivity index (χ1) is 10.4. The molecule has 1 unspecified atom stereocenters. The Morgan fingerprint density at radius 2 is 2.14 bits per heavy atom. The topological polar surface area (TPSA) is 90.1 Å². The Morgan fingerprint density at radius 3 is 2.77 bits per heavy atom. The minimum Gasteiger partial charge on any atom is -0.490 e. The molecule has 2 aromatic rings. The number of ether oxygens (including phenoxy) is 1. The minimum atomic E-state index is -0.611. The summed E-state index contributed by atoms with van der Waals surface area (Å²) in [7, 11) is 0. The van der Waals surface area contributed by atoms with Crippen LogP contribution in [0.4, 0.5) is 15.9 Å². The molecule has 0 fully saturated rings. The number of benzene rings is 1. The Bertz CT molecular complexity index is 666. The van der Waals surface area contributed by atoms with Gasteiger partial charge in [-0.3, -0.25) is 4.79 Å². The molecule has 0 aliphatic rings. The van der Waals surface area contributed by atoms with E-state index in [1.54, 1.807) is 31.2 Å². The molecule has 0 aliphatic heterocycles. The largest absolute Gasteiger partial charge is 0.490 e. The van der Waals surface area contributed by atoms with Crippen LogP contribution in [0, 0.1) is 5.82 Å². The fourth-order valence-corrected chi connectivity index (χ4v) is 1.88. The number of primary amides is 1. The van der Waals surface area contributed by atoms with E-state index in [0.717, 1.165) is 6.20 Å². The van der Waals surface area contributed by atoms with Gasteiger partial charge in [0, 0.05) is 5.69 Å². The number of nitrogens with two attached hydrogens (primary N) is 1. The fraction of sp³-hybridized carbons (Fsp3) is 0.214. The highest BCUT2D eigenvalue weighted by atomic mass is 35.5. The molecule has 1 amide bonds. The number of hydrogen-bond donors (Lipinski definition) is 2. The van der Waals surface area contributed by atoms with Gasteiger partial charge in [0.25, 0.3) is 0 Å². The zero-order valence-corrected chi connectivity index (χ0v) is 12.5. The molecule has 2 rings (SSSR count). The lowest BCUT2D eigenvalue weighted by molar-refractivity contribution is -0.119. The summed E-state index contributed by atoms with van der Waals surface area (Å²) < 4.78 is 19.0. The van der Waals surface area contributed by atoms with Crippen molar-refractivity contribution in [3.05, 3.63) is 41.6 Å². The quantitative estimate of drug-likeness (QED) is 0.797. The zero-order valence-electron chi connectivity index (χ0n) is 11.7. The van der Waals surface area contributed by atoms with E-state index >= 15 is 0 Å². The second-order valence-corrected chi connectivity index (χ2v) is 4.92. The van der Waals surface area contributed by atoms with Crippen LogP contribution in [0.25, 0.3) is 0 Å². The number of rotatable bonds is 6. The average Bonchev–Trinajstić information content (AvgIpc) is 2.44. The van der Waals surface area contributed by atoms with Crippen molar-refractivity contribution in [1.82, 2.24) is 9.97 Å². The van der Waals surface area contributed by atoms with Crippen LogP contribution in [-0.4, -0.2) is 22.0 Å². The summed E-state index contributed by atoms with van der Waals surface area (Å²) in [5.74, 6) is -0.488. The van der Waals surface area contributed by atoms with Crippen molar-refractivity contribution in [1.29, 1.82) is 0 Å². The molecule has 0 aliphatic carbocycles. The Balaban J connectivity index is 2.02. The third kappa shape index (κ3) is 4.56. The number of aromatic nitrogens is 2. The highest BCUT2D eigenvalue weighted by molar-refractivity contribution is 6.28. The number of hydrogen-bond acceptors (Lipinski definition) is 5. The van der Waals surface area contributed by atoms with Crippen molar-refractivity contribution < 1.29 is 13.9 Å². The first kappa shape index (κ1) is 16.0. The molecular formula is C14H14ClFN4O2. The zero-order chi connectivity index (χ0) is 16.1. The summed E-state index contributed by atoms with van der Waals surface area (Å²) in [5.41, 5.74) is 5.70. The summed E-state index contributed by atoms with van der Waals surface area (Å²) in [4.78, 5) is 18.1. The van der Waals surface area contributed by atoms with E-state index in [2.05, 4.69) is 15.3 Å². The lowest BCUT2D eigenvalue weighted by atomic mass is 10.2. The van der Waals surface area contributed by atoms with Gasteiger partial charge in [-0.15, -0.1) is 0 Å².